The molecule has 0 unspecified atom stereocenters. The van der Waals surface area contributed by atoms with Crippen LogP contribution in [0, 0.1) is 0 Å². The molecule has 3 rings (SSSR count). The summed E-state index contributed by atoms with van der Waals surface area (Å²) in [7, 11) is 1.84. The third-order valence-corrected chi connectivity index (χ3v) is 5.42. The fourth-order valence-corrected chi connectivity index (χ4v) is 3.52. The number of halogens is 1. The first-order valence-corrected chi connectivity index (χ1v) is 9.31. The van der Waals surface area contributed by atoms with E-state index in [1.54, 1.807) is 16.2 Å². The zero-order valence-electron chi connectivity index (χ0n) is 14.1. The minimum absolute atomic E-state index is 0.0306. The lowest BCUT2D eigenvalue weighted by Gasteiger charge is -2.25. The molecule has 25 heavy (non-hydrogen) atoms. The van der Waals surface area contributed by atoms with Crippen LogP contribution in [0.1, 0.15) is 24.2 Å². The van der Waals surface area contributed by atoms with Crippen molar-refractivity contribution in [2.45, 2.75) is 19.4 Å². The first-order valence-electron chi connectivity index (χ1n) is 8.05. The minimum Gasteiger partial charge on any atom is -0.339 e. The molecule has 0 saturated carbocycles. The van der Waals surface area contributed by atoms with Crippen LogP contribution in [0.3, 0.4) is 0 Å². The Kier molecular flexibility index (Phi) is 5.51. The van der Waals surface area contributed by atoms with E-state index in [1.165, 1.54) is 0 Å². The van der Waals surface area contributed by atoms with Gasteiger partial charge in [0.05, 0.1) is 18.2 Å². The molecule has 3 nitrogen and oxygen atoms in total. The quantitative estimate of drug-likeness (QED) is 0.616. The number of rotatable bonds is 5. The Morgan fingerprint density at radius 3 is 2.52 bits per heavy atom. The Balaban J connectivity index is 1.68. The van der Waals surface area contributed by atoms with Crippen LogP contribution in [0.2, 0.25) is 5.02 Å². The molecule has 3 aromatic rings. The Morgan fingerprint density at radius 1 is 1.16 bits per heavy atom. The summed E-state index contributed by atoms with van der Waals surface area (Å²) in [6.07, 6.45) is 0.303. The highest BCUT2D eigenvalue weighted by Crippen LogP contribution is 2.26. The average molecular weight is 371 g/mol. The molecule has 1 atom stereocenters. The number of thiazole rings is 1. The maximum absolute atomic E-state index is 12.6. The van der Waals surface area contributed by atoms with Crippen LogP contribution in [0.4, 0.5) is 0 Å². The van der Waals surface area contributed by atoms with Crippen LogP contribution >= 0.6 is 22.9 Å². The molecule has 2 aromatic carbocycles. The zero-order valence-corrected chi connectivity index (χ0v) is 15.7. The first-order chi connectivity index (χ1) is 12.0. The molecule has 0 radical (unpaired) electrons. The van der Waals surface area contributed by atoms with Crippen molar-refractivity contribution in [2.24, 2.45) is 0 Å². The molecule has 0 N–H and O–H groups in total. The molecule has 0 fully saturated rings. The molecule has 1 aromatic heterocycles. The number of nitrogens with zero attached hydrogens (tertiary/aromatic N) is 2. The van der Waals surface area contributed by atoms with Gasteiger partial charge in [-0.1, -0.05) is 54.1 Å². The van der Waals surface area contributed by atoms with Crippen LogP contribution in [-0.2, 0) is 11.2 Å². The summed E-state index contributed by atoms with van der Waals surface area (Å²) in [4.78, 5) is 19.0. The van der Waals surface area contributed by atoms with Gasteiger partial charge in [0, 0.05) is 23.0 Å². The second kappa shape index (κ2) is 7.81. The van der Waals surface area contributed by atoms with E-state index in [0.29, 0.717) is 11.4 Å². The van der Waals surface area contributed by atoms with Gasteiger partial charge < -0.3 is 4.90 Å². The lowest BCUT2D eigenvalue weighted by molar-refractivity contribution is -0.131. The highest BCUT2D eigenvalue weighted by molar-refractivity contribution is 7.13. The first kappa shape index (κ1) is 17.6. The van der Waals surface area contributed by atoms with E-state index in [-0.39, 0.29) is 11.9 Å². The van der Waals surface area contributed by atoms with Gasteiger partial charge in [0.1, 0.15) is 5.01 Å². The predicted molar refractivity (Wildman–Crippen MR) is 104 cm³/mol. The SMILES string of the molecule is C[C@H](c1ccccc1)N(C)C(=O)Cc1csc(-c2ccc(Cl)cc2)n1. The third-order valence-electron chi connectivity index (χ3n) is 4.23. The zero-order chi connectivity index (χ0) is 17.8. The summed E-state index contributed by atoms with van der Waals surface area (Å²) in [5.74, 6) is 0.0595. The summed E-state index contributed by atoms with van der Waals surface area (Å²) in [6, 6.07) is 17.6. The van der Waals surface area contributed by atoms with Crippen molar-refractivity contribution in [3.63, 3.8) is 0 Å². The number of likely N-dealkylation sites (N-methyl/N-ethyl adjacent to an activating group) is 1. The van der Waals surface area contributed by atoms with Crippen molar-refractivity contribution in [2.75, 3.05) is 7.05 Å². The molecular formula is C20H19ClN2OS. The summed E-state index contributed by atoms with van der Waals surface area (Å²) in [6.45, 7) is 2.04. The monoisotopic (exact) mass is 370 g/mol. The number of amides is 1. The molecule has 0 spiro atoms. The molecule has 0 aliphatic heterocycles. The standard InChI is InChI=1S/C20H19ClN2OS/c1-14(15-6-4-3-5-7-15)23(2)19(24)12-18-13-25-20(22-18)16-8-10-17(21)11-9-16/h3-11,13-14H,12H2,1-2H3/t14-/m1/s1. The van der Waals surface area contributed by atoms with Gasteiger partial charge in [-0.2, -0.15) is 0 Å². The number of benzene rings is 2. The number of hydrogen-bond donors (Lipinski definition) is 0. The Morgan fingerprint density at radius 2 is 1.84 bits per heavy atom. The van der Waals surface area contributed by atoms with Crippen molar-refractivity contribution < 1.29 is 4.79 Å². The molecule has 5 heteroatoms. The normalized spacial score (nSPS) is 12.0. The lowest BCUT2D eigenvalue weighted by Crippen LogP contribution is -2.31. The molecule has 128 valence electrons. The third kappa shape index (κ3) is 4.27. The summed E-state index contributed by atoms with van der Waals surface area (Å²) < 4.78 is 0. The largest absolute Gasteiger partial charge is 0.339 e. The molecule has 0 aliphatic carbocycles. The van der Waals surface area contributed by atoms with E-state index >= 15 is 0 Å². The number of aromatic nitrogens is 1. The Bertz CT molecular complexity index is 846. The van der Waals surface area contributed by atoms with E-state index in [0.717, 1.165) is 21.8 Å². The number of hydrogen-bond acceptors (Lipinski definition) is 3. The molecule has 0 bridgehead atoms. The van der Waals surface area contributed by atoms with Crippen molar-refractivity contribution in [3.8, 4) is 10.6 Å². The van der Waals surface area contributed by atoms with Crippen molar-refractivity contribution in [3.05, 3.63) is 76.3 Å². The second-order valence-electron chi connectivity index (χ2n) is 5.92. The van der Waals surface area contributed by atoms with Crippen molar-refractivity contribution in [1.82, 2.24) is 9.88 Å². The molecule has 1 amide bonds. The fourth-order valence-electron chi connectivity index (χ4n) is 2.56. The molecule has 0 aliphatic rings. The average Bonchev–Trinajstić information content (AvgIpc) is 3.10. The Labute approximate surface area is 156 Å². The van der Waals surface area contributed by atoms with Crippen LogP contribution < -0.4 is 0 Å². The van der Waals surface area contributed by atoms with Gasteiger partial charge in [0.2, 0.25) is 5.91 Å². The van der Waals surface area contributed by atoms with Crippen LogP contribution in [0.25, 0.3) is 10.6 Å². The second-order valence-corrected chi connectivity index (χ2v) is 7.21. The summed E-state index contributed by atoms with van der Waals surface area (Å²) in [5, 5.41) is 3.55. The number of carbonyl (C=O) groups is 1. The van der Waals surface area contributed by atoms with E-state index in [9.17, 15) is 4.79 Å². The highest BCUT2D eigenvalue weighted by atomic mass is 35.5. The van der Waals surface area contributed by atoms with E-state index in [1.807, 2.05) is 73.9 Å². The predicted octanol–water partition coefficient (Wildman–Crippen LogP) is 5.23. The van der Waals surface area contributed by atoms with Gasteiger partial charge >= 0.3 is 0 Å². The van der Waals surface area contributed by atoms with Crippen molar-refractivity contribution >= 4 is 28.8 Å². The van der Waals surface area contributed by atoms with Crippen molar-refractivity contribution in [1.29, 1.82) is 0 Å². The maximum Gasteiger partial charge on any atom is 0.228 e. The van der Waals surface area contributed by atoms with Gasteiger partial charge in [-0.3, -0.25) is 4.79 Å². The summed E-state index contributed by atoms with van der Waals surface area (Å²) in [5.41, 5.74) is 2.93. The van der Waals surface area contributed by atoms with Gasteiger partial charge in [-0.05, 0) is 24.6 Å². The highest BCUT2D eigenvalue weighted by Gasteiger charge is 2.18. The smallest absolute Gasteiger partial charge is 0.228 e. The lowest BCUT2D eigenvalue weighted by atomic mass is 10.1. The van der Waals surface area contributed by atoms with Crippen LogP contribution in [0.15, 0.2) is 60.0 Å². The van der Waals surface area contributed by atoms with Gasteiger partial charge in [0.15, 0.2) is 0 Å². The van der Waals surface area contributed by atoms with E-state index in [4.69, 9.17) is 11.6 Å². The maximum atomic E-state index is 12.6. The molecule has 1 heterocycles. The Hall–Kier alpha value is -2.17. The van der Waals surface area contributed by atoms with Gasteiger partial charge in [-0.15, -0.1) is 11.3 Å². The fraction of sp³-hybridized carbons (Fsp3) is 0.200. The molecular weight excluding hydrogens is 352 g/mol. The van der Waals surface area contributed by atoms with Crippen LogP contribution in [-0.4, -0.2) is 22.8 Å². The minimum atomic E-state index is 0.0306. The van der Waals surface area contributed by atoms with Gasteiger partial charge in [-0.25, -0.2) is 4.98 Å². The van der Waals surface area contributed by atoms with E-state index < -0.39 is 0 Å². The van der Waals surface area contributed by atoms with E-state index in [2.05, 4.69) is 4.98 Å². The van der Waals surface area contributed by atoms with Gasteiger partial charge in [0.25, 0.3) is 0 Å². The van der Waals surface area contributed by atoms with Crippen LogP contribution in [0.5, 0.6) is 0 Å². The number of carbonyl (C=O) groups excluding carboxylic acids is 1. The topological polar surface area (TPSA) is 33.2 Å². The molecule has 0 saturated heterocycles. The summed E-state index contributed by atoms with van der Waals surface area (Å²) >= 11 is 7.46.